The van der Waals surface area contributed by atoms with Crippen LogP contribution in [0.15, 0.2) is 47.6 Å². The molecule has 3 rings (SSSR count). The molecule has 1 N–H and O–H groups in total. The first-order chi connectivity index (χ1) is 12.9. The van der Waals surface area contributed by atoms with E-state index in [1.165, 1.54) is 11.1 Å². The van der Waals surface area contributed by atoms with E-state index < -0.39 is 0 Å². The molecule has 1 amide bonds. The SMILES string of the molecule is Cc1ccc(CSc2nnc(CC(=O)Nc3ccc(Cl)c(Cl)c3)n2C)cc1. The minimum absolute atomic E-state index is 0.120. The third-order valence-corrected chi connectivity index (χ3v) is 5.77. The van der Waals surface area contributed by atoms with E-state index in [0.29, 0.717) is 21.6 Å². The molecule has 0 bridgehead atoms. The summed E-state index contributed by atoms with van der Waals surface area (Å²) in [6.07, 6.45) is 0.120. The number of nitrogens with one attached hydrogen (secondary N) is 1. The highest BCUT2D eigenvalue weighted by atomic mass is 35.5. The zero-order valence-corrected chi connectivity index (χ0v) is 17.2. The third-order valence-electron chi connectivity index (χ3n) is 3.94. The number of halogens is 2. The number of benzene rings is 2. The van der Waals surface area contributed by atoms with Crippen molar-refractivity contribution in [1.82, 2.24) is 14.8 Å². The van der Waals surface area contributed by atoms with Crippen LogP contribution < -0.4 is 5.32 Å². The van der Waals surface area contributed by atoms with E-state index in [1.54, 1.807) is 30.0 Å². The summed E-state index contributed by atoms with van der Waals surface area (Å²) >= 11 is 13.4. The standard InChI is InChI=1S/C19H18Cl2N4OS/c1-12-3-5-13(6-4-12)11-27-19-24-23-17(25(19)2)10-18(26)22-14-7-8-15(20)16(21)9-14/h3-9H,10-11H2,1-2H3,(H,22,26). The molecule has 2 aromatic carbocycles. The van der Waals surface area contributed by atoms with Gasteiger partial charge in [-0.1, -0.05) is 64.8 Å². The highest BCUT2D eigenvalue weighted by Gasteiger charge is 2.14. The van der Waals surface area contributed by atoms with Crippen molar-refractivity contribution < 1.29 is 4.79 Å². The molecule has 3 aromatic rings. The number of nitrogens with zero attached hydrogens (tertiary/aromatic N) is 3. The average Bonchev–Trinajstić information content (AvgIpc) is 2.97. The summed E-state index contributed by atoms with van der Waals surface area (Å²) in [7, 11) is 1.86. The van der Waals surface area contributed by atoms with Crippen molar-refractivity contribution in [1.29, 1.82) is 0 Å². The molecule has 0 saturated carbocycles. The van der Waals surface area contributed by atoms with Gasteiger partial charge in [0.2, 0.25) is 5.91 Å². The number of amides is 1. The summed E-state index contributed by atoms with van der Waals surface area (Å²) in [5.41, 5.74) is 3.04. The van der Waals surface area contributed by atoms with Crippen LogP contribution in [0.25, 0.3) is 0 Å². The monoisotopic (exact) mass is 420 g/mol. The largest absolute Gasteiger partial charge is 0.326 e. The fourth-order valence-electron chi connectivity index (χ4n) is 2.38. The van der Waals surface area contributed by atoms with Crippen LogP contribution in [-0.4, -0.2) is 20.7 Å². The smallest absolute Gasteiger partial charge is 0.232 e. The van der Waals surface area contributed by atoms with Crippen LogP contribution in [0.1, 0.15) is 17.0 Å². The van der Waals surface area contributed by atoms with E-state index in [9.17, 15) is 4.79 Å². The highest BCUT2D eigenvalue weighted by molar-refractivity contribution is 7.98. The number of thioether (sulfide) groups is 1. The van der Waals surface area contributed by atoms with Crippen LogP contribution in [0, 0.1) is 6.92 Å². The van der Waals surface area contributed by atoms with Crippen LogP contribution in [0.5, 0.6) is 0 Å². The molecule has 0 aliphatic rings. The lowest BCUT2D eigenvalue weighted by Crippen LogP contribution is -2.17. The quantitative estimate of drug-likeness (QED) is 0.575. The van der Waals surface area contributed by atoms with Gasteiger partial charge in [0.15, 0.2) is 5.16 Å². The topological polar surface area (TPSA) is 59.8 Å². The number of hydrogen-bond donors (Lipinski definition) is 1. The Hall–Kier alpha value is -2.02. The molecular weight excluding hydrogens is 403 g/mol. The van der Waals surface area contributed by atoms with Crippen molar-refractivity contribution in [2.24, 2.45) is 7.05 Å². The summed E-state index contributed by atoms with van der Waals surface area (Å²) < 4.78 is 1.84. The maximum Gasteiger partial charge on any atom is 0.232 e. The second kappa shape index (κ2) is 8.78. The molecular formula is C19H18Cl2N4OS. The number of carbonyl (C=O) groups is 1. The predicted octanol–water partition coefficient (Wildman–Crippen LogP) is 4.90. The summed E-state index contributed by atoms with van der Waals surface area (Å²) in [5, 5.41) is 12.7. The summed E-state index contributed by atoms with van der Waals surface area (Å²) in [4.78, 5) is 12.3. The number of aromatic nitrogens is 3. The molecule has 0 aliphatic carbocycles. The molecule has 27 heavy (non-hydrogen) atoms. The Labute approximate surface area is 172 Å². The van der Waals surface area contributed by atoms with Crippen molar-refractivity contribution in [3.63, 3.8) is 0 Å². The number of hydrogen-bond acceptors (Lipinski definition) is 4. The molecule has 0 aliphatic heterocycles. The Bertz CT molecular complexity index is 957. The van der Waals surface area contributed by atoms with E-state index in [2.05, 4.69) is 46.7 Å². The first-order valence-corrected chi connectivity index (χ1v) is 9.98. The second-order valence-electron chi connectivity index (χ2n) is 6.09. The van der Waals surface area contributed by atoms with Crippen molar-refractivity contribution in [2.45, 2.75) is 24.3 Å². The van der Waals surface area contributed by atoms with Gasteiger partial charge in [-0.15, -0.1) is 10.2 Å². The lowest BCUT2D eigenvalue weighted by Gasteiger charge is -2.07. The second-order valence-corrected chi connectivity index (χ2v) is 7.84. The lowest BCUT2D eigenvalue weighted by molar-refractivity contribution is -0.115. The normalized spacial score (nSPS) is 10.8. The molecule has 1 heterocycles. The number of carbonyl (C=O) groups excluding carboxylic acids is 1. The molecule has 0 fully saturated rings. The predicted molar refractivity (Wildman–Crippen MR) is 111 cm³/mol. The first-order valence-electron chi connectivity index (χ1n) is 8.24. The number of aryl methyl sites for hydroxylation is 1. The molecule has 0 atom stereocenters. The van der Waals surface area contributed by atoms with Crippen LogP contribution >= 0.6 is 35.0 Å². The van der Waals surface area contributed by atoms with Gasteiger partial charge in [-0.25, -0.2) is 0 Å². The fourth-order valence-corrected chi connectivity index (χ4v) is 3.56. The Morgan fingerprint density at radius 2 is 1.85 bits per heavy atom. The first kappa shape index (κ1) is 19.7. The van der Waals surface area contributed by atoms with Crippen LogP contribution in [0.3, 0.4) is 0 Å². The van der Waals surface area contributed by atoms with Gasteiger partial charge in [0, 0.05) is 18.5 Å². The van der Waals surface area contributed by atoms with Crippen molar-refractivity contribution >= 4 is 46.6 Å². The average molecular weight is 421 g/mol. The van der Waals surface area contributed by atoms with E-state index in [0.717, 1.165) is 10.9 Å². The molecule has 0 unspecified atom stereocenters. The molecule has 0 spiro atoms. The Balaban J connectivity index is 1.59. The Kier molecular flexibility index (Phi) is 6.42. The summed E-state index contributed by atoms with van der Waals surface area (Å²) in [6.45, 7) is 2.06. The third kappa shape index (κ3) is 5.25. The zero-order valence-electron chi connectivity index (χ0n) is 14.9. The van der Waals surface area contributed by atoms with Gasteiger partial charge < -0.3 is 9.88 Å². The van der Waals surface area contributed by atoms with Gasteiger partial charge in [0.05, 0.1) is 16.5 Å². The molecule has 0 radical (unpaired) electrons. The molecule has 140 valence electrons. The Morgan fingerprint density at radius 3 is 2.56 bits per heavy atom. The van der Waals surface area contributed by atoms with Crippen LogP contribution in [0.4, 0.5) is 5.69 Å². The van der Waals surface area contributed by atoms with E-state index >= 15 is 0 Å². The highest BCUT2D eigenvalue weighted by Crippen LogP contribution is 2.25. The summed E-state index contributed by atoms with van der Waals surface area (Å²) in [5.74, 6) is 1.19. The number of anilines is 1. The van der Waals surface area contributed by atoms with Crippen LogP contribution in [-0.2, 0) is 24.0 Å². The lowest BCUT2D eigenvalue weighted by atomic mass is 10.2. The molecule has 0 saturated heterocycles. The van der Waals surface area contributed by atoms with Crippen molar-refractivity contribution in [3.8, 4) is 0 Å². The van der Waals surface area contributed by atoms with Gasteiger partial charge in [0.25, 0.3) is 0 Å². The molecule has 8 heteroatoms. The fraction of sp³-hybridized carbons (Fsp3) is 0.211. The zero-order chi connectivity index (χ0) is 19.4. The van der Waals surface area contributed by atoms with E-state index in [4.69, 9.17) is 23.2 Å². The maximum atomic E-state index is 12.3. The van der Waals surface area contributed by atoms with E-state index in [1.807, 2.05) is 11.6 Å². The van der Waals surface area contributed by atoms with Gasteiger partial charge in [0.1, 0.15) is 5.82 Å². The van der Waals surface area contributed by atoms with Gasteiger partial charge in [-0.3, -0.25) is 4.79 Å². The Morgan fingerprint density at radius 1 is 1.11 bits per heavy atom. The maximum absolute atomic E-state index is 12.3. The summed E-state index contributed by atoms with van der Waals surface area (Å²) in [6, 6.07) is 13.3. The minimum Gasteiger partial charge on any atom is -0.326 e. The van der Waals surface area contributed by atoms with Gasteiger partial charge in [-0.2, -0.15) is 0 Å². The minimum atomic E-state index is -0.195. The van der Waals surface area contributed by atoms with E-state index in [-0.39, 0.29) is 12.3 Å². The van der Waals surface area contributed by atoms with Gasteiger partial charge in [-0.05, 0) is 30.7 Å². The van der Waals surface area contributed by atoms with Crippen molar-refractivity contribution in [3.05, 3.63) is 69.5 Å². The number of rotatable bonds is 6. The van der Waals surface area contributed by atoms with Crippen molar-refractivity contribution in [2.75, 3.05) is 5.32 Å². The molecule has 1 aromatic heterocycles. The van der Waals surface area contributed by atoms with Gasteiger partial charge >= 0.3 is 0 Å². The molecule has 5 nitrogen and oxygen atoms in total. The van der Waals surface area contributed by atoms with Crippen LogP contribution in [0.2, 0.25) is 10.0 Å².